The lowest BCUT2D eigenvalue weighted by molar-refractivity contribution is -0.121. The van der Waals surface area contributed by atoms with Crippen LogP contribution in [-0.2, 0) is 23.1 Å². The van der Waals surface area contributed by atoms with Crippen LogP contribution in [0.3, 0.4) is 0 Å². The smallest absolute Gasteiger partial charge is 0.247 e. The standard InChI is InChI=1S/C18H22N4O2/c1-4-17(23)20-15-8-5-14(6-9-15)7-10-18(24)19-13(2)16-11-12-22(3)21-16/h4-6,8-9,11-13H,1,7,10H2,2-3H3,(H,19,24)(H,20,23). The molecule has 0 saturated carbocycles. The molecular formula is C18H22N4O2. The molecule has 1 aromatic heterocycles. The third kappa shape index (κ3) is 5.08. The van der Waals surface area contributed by atoms with Gasteiger partial charge >= 0.3 is 0 Å². The molecule has 0 saturated heterocycles. The lowest BCUT2D eigenvalue weighted by atomic mass is 10.1. The van der Waals surface area contributed by atoms with Gasteiger partial charge in [0.15, 0.2) is 0 Å². The predicted octanol–water partition coefficient (Wildman–Crippen LogP) is 2.35. The molecule has 1 atom stereocenters. The summed E-state index contributed by atoms with van der Waals surface area (Å²) in [6, 6.07) is 9.19. The minimum Gasteiger partial charge on any atom is -0.348 e. The minimum atomic E-state index is -0.245. The molecule has 6 nitrogen and oxygen atoms in total. The van der Waals surface area contributed by atoms with Gasteiger partial charge in [-0.15, -0.1) is 0 Å². The van der Waals surface area contributed by atoms with Crippen molar-refractivity contribution in [3.8, 4) is 0 Å². The van der Waals surface area contributed by atoms with Crippen LogP contribution in [0.15, 0.2) is 49.2 Å². The summed E-state index contributed by atoms with van der Waals surface area (Å²) in [6.07, 6.45) is 4.11. The van der Waals surface area contributed by atoms with Crippen molar-refractivity contribution in [2.45, 2.75) is 25.8 Å². The van der Waals surface area contributed by atoms with Gasteiger partial charge in [-0.05, 0) is 43.2 Å². The number of carbonyl (C=O) groups excluding carboxylic acids is 2. The molecule has 1 aromatic carbocycles. The molecule has 0 radical (unpaired) electrons. The van der Waals surface area contributed by atoms with Crippen LogP contribution in [0.25, 0.3) is 0 Å². The zero-order chi connectivity index (χ0) is 17.5. The number of carbonyl (C=O) groups is 2. The van der Waals surface area contributed by atoms with Gasteiger partial charge in [0.2, 0.25) is 11.8 Å². The van der Waals surface area contributed by atoms with Crippen LogP contribution in [0, 0.1) is 0 Å². The van der Waals surface area contributed by atoms with Gasteiger partial charge in [0.05, 0.1) is 11.7 Å². The number of hydrogen-bond acceptors (Lipinski definition) is 3. The van der Waals surface area contributed by atoms with Crippen LogP contribution in [0.1, 0.15) is 30.6 Å². The molecule has 1 unspecified atom stereocenters. The molecule has 0 spiro atoms. The van der Waals surface area contributed by atoms with Crippen LogP contribution >= 0.6 is 0 Å². The van der Waals surface area contributed by atoms with Gasteiger partial charge in [-0.2, -0.15) is 5.10 Å². The lowest BCUT2D eigenvalue weighted by Gasteiger charge is -2.11. The molecule has 1 heterocycles. The summed E-state index contributed by atoms with van der Waals surface area (Å²) in [5.74, 6) is -0.261. The molecule has 0 fully saturated rings. The van der Waals surface area contributed by atoms with E-state index in [0.29, 0.717) is 18.5 Å². The number of rotatable bonds is 7. The van der Waals surface area contributed by atoms with Crippen molar-refractivity contribution in [1.82, 2.24) is 15.1 Å². The summed E-state index contributed by atoms with van der Waals surface area (Å²) >= 11 is 0. The third-order valence-electron chi connectivity index (χ3n) is 3.60. The summed E-state index contributed by atoms with van der Waals surface area (Å²) in [5, 5.41) is 9.91. The Morgan fingerprint density at radius 3 is 2.58 bits per heavy atom. The van der Waals surface area contributed by atoms with Gasteiger partial charge in [-0.3, -0.25) is 14.3 Å². The molecule has 0 aliphatic carbocycles. The predicted molar refractivity (Wildman–Crippen MR) is 93.4 cm³/mol. The zero-order valence-electron chi connectivity index (χ0n) is 14.0. The minimum absolute atomic E-state index is 0.0165. The van der Waals surface area contributed by atoms with E-state index in [1.54, 1.807) is 4.68 Å². The maximum Gasteiger partial charge on any atom is 0.247 e. The van der Waals surface area contributed by atoms with Crippen molar-refractivity contribution in [2.24, 2.45) is 7.05 Å². The molecule has 0 bridgehead atoms. The van der Waals surface area contributed by atoms with Gasteiger partial charge in [0.25, 0.3) is 0 Å². The molecule has 0 aliphatic heterocycles. The fourth-order valence-corrected chi connectivity index (χ4v) is 2.26. The first-order valence-corrected chi connectivity index (χ1v) is 7.79. The molecular weight excluding hydrogens is 304 g/mol. The van der Waals surface area contributed by atoms with Crippen molar-refractivity contribution in [1.29, 1.82) is 0 Å². The Hall–Kier alpha value is -2.89. The SMILES string of the molecule is C=CC(=O)Nc1ccc(CCC(=O)NC(C)c2ccn(C)n2)cc1. The van der Waals surface area contributed by atoms with Gasteiger partial charge in [0.1, 0.15) is 0 Å². The summed E-state index contributed by atoms with van der Waals surface area (Å²) in [7, 11) is 1.85. The van der Waals surface area contributed by atoms with Crippen molar-refractivity contribution in [2.75, 3.05) is 5.32 Å². The molecule has 2 rings (SSSR count). The van der Waals surface area contributed by atoms with Gasteiger partial charge in [0, 0.05) is 25.4 Å². The molecule has 126 valence electrons. The average molecular weight is 326 g/mol. The molecule has 2 aromatic rings. The molecule has 6 heteroatoms. The maximum absolute atomic E-state index is 12.0. The van der Waals surface area contributed by atoms with Crippen LogP contribution in [0.4, 0.5) is 5.69 Å². The summed E-state index contributed by atoms with van der Waals surface area (Å²) in [4.78, 5) is 23.3. The highest BCUT2D eigenvalue weighted by Gasteiger charge is 2.11. The van der Waals surface area contributed by atoms with Crippen LogP contribution in [0.2, 0.25) is 0 Å². The Morgan fingerprint density at radius 1 is 1.29 bits per heavy atom. The van der Waals surface area contributed by atoms with E-state index in [2.05, 4.69) is 22.3 Å². The van der Waals surface area contributed by atoms with Crippen molar-refractivity contribution < 1.29 is 9.59 Å². The third-order valence-corrected chi connectivity index (χ3v) is 3.60. The number of nitrogens with zero attached hydrogens (tertiary/aromatic N) is 2. The first kappa shape index (κ1) is 17.5. The highest BCUT2D eigenvalue weighted by atomic mass is 16.2. The van der Waals surface area contributed by atoms with E-state index >= 15 is 0 Å². The number of hydrogen-bond donors (Lipinski definition) is 2. The average Bonchev–Trinajstić information content (AvgIpc) is 3.00. The number of anilines is 1. The Kier molecular flexibility index (Phi) is 5.89. The van der Waals surface area contributed by atoms with E-state index in [1.165, 1.54) is 6.08 Å². The maximum atomic E-state index is 12.0. The second-order valence-corrected chi connectivity index (χ2v) is 5.59. The number of aromatic nitrogens is 2. The molecule has 24 heavy (non-hydrogen) atoms. The summed E-state index contributed by atoms with van der Waals surface area (Å²) < 4.78 is 1.71. The Labute approximate surface area is 141 Å². The Morgan fingerprint density at radius 2 is 2.00 bits per heavy atom. The first-order chi connectivity index (χ1) is 11.5. The second kappa shape index (κ2) is 8.10. The summed E-state index contributed by atoms with van der Waals surface area (Å²) in [6.45, 7) is 5.32. The zero-order valence-corrected chi connectivity index (χ0v) is 14.0. The fourth-order valence-electron chi connectivity index (χ4n) is 2.26. The van der Waals surface area contributed by atoms with Crippen LogP contribution in [0.5, 0.6) is 0 Å². The van der Waals surface area contributed by atoms with E-state index in [4.69, 9.17) is 0 Å². The highest BCUT2D eigenvalue weighted by molar-refractivity contribution is 5.98. The van der Waals surface area contributed by atoms with Gasteiger partial charge in [-0.25, -0.2) is 0 Å². The van der Waals surface area contributed by atoms with E-state index in [0.717, 1.165) is 11.3 Å². The van der Waals surface area contributed by atoms with E-state index < -0.39 is 0 Å². The lowest BCUT2D eigenvalue weighted by Crippen LogP contribution is -2.27. The monoisotopic (exact) mass is 326 g/mol. The topological polar surface area (TPSA) is 76.0 Å². The van der Waals surface area contributed by atoms with E-state index in [1.807, 2.05) is 50.5 Å². The Bertz CT molecular complexity index is 719. The van der Waals surface area contributed by atoms with Crippen molar-refractivity contribution in [3.05, 3.63) is 60.4 Å². The van der Waals surface area contributed by atoms with Gasteiger partial charge in [-0.1, -0.05) is 18.7 Å². The normalized spacial score (nSPS) is 11.6. The van der Waals surface area contributed by atoms with E-state index in [-0.39, 0.29) is 17.9 Å². The number of aryl methyl sites for hydroxylation is 2. The van der Waals surface area contributed by atoms with Crippen LogP contribution in [-0.4, -0.2) is 21.6 Å². The largest absolute Gasteiger partial charge is 0.348 e. The summed E-state index contributed by atoms with van der Waals surface area (Å²) in [5.41, 5.74) is 2.58. The first-order valence-electron chi connectivity index (χ1n) is 7.79. The van der Waals surface area contributed by atoms with Crippen molar-refractivity contribution in [3.63, 3.8) is 0 Å². The highest BCUT2D eigenvalue weighted by Crippen LogP contribution is 2.12. The molecule has 2 N–H and O–H groups in total. The van der Waals surface area contributed by atoms with E-state index in [9.17, 15) is 9.59 Å². The number of nitrogens with one attached hydrogen (secondary N) is 2. The van der Waals surface area contributed by atoms with Crippen molar-refractivity contribution >= 4 is 17.5 Å². The molecule has 0 aliphatic rings. The molecule has 2 amide bonds. The fraction of sp³-hybridized carbons (Fsp3) is 0.278. The number of amides is 2. The van der Waals surface area contributed by atoms with Crippen LogP contribution < -0.4 is 10.6 Å². The quantitative estimate of drug-likeness (QED) is 0.767. The second-order valence-electron chi connectivity index (χ2n) is 5.59. The number of benzene rings is 1. The Balaban J connectivity index is 1.81. The van der Waals surface area contributed by atoms with Gasteiger partial charge < -0.3 is 10.6 Å².